The lowest BCUT2D eigenvalue weighted by atomic mass is 9.61. The molecule has 0 saturated heterocycles. The number of nitrogens with zero attached hydrogens (tertiary/aromatic N) is 1. The van der Waals surface area contributed by atoms with E-state index in [0.717, 1.165) is 19.5 Å². The quantitative estimate of drug-likeness (QED) is 0.246. The Bertz CT molecular complexity index is 1630. The van der Waals surface area contributed by atoms with Gasteiger partial charge >= 0.3 is 0 Å². The van der Waals surface area contributed by atoms with Gasteiger partial charge in [-0.3, -0.25) is 0 Å². The van der Waals surface area contributed by atoms with Crippen LogP contribution in [-0.4, -0.2) is 6.54 Å². The lowest BCUT2D eigenvalue weighted by molar-refractivity contribution is 0.678. The van der Waals surface area contributed by atoms with Crippen LogP contribution in [0.25, 0.3) is 11.1 Å². The van der Waals surface area contributed by atoms with Crippen LogP contribution >= 0.6 is 0 Å². The fourth-order valence-electron chi connectivity index (χ4n) is 7.52. The first kappa shape index (κ1) is 21.0. The van der Waals surface area contributed by atoms with Gasteiger partial charge in [-0.25, -0.2) is 0 Å². The van der Waals surface area contributed by atoms with Gasteiger partial charge in [0.25, 0.3) is 0 Å². The molecule has 0 atom stereocenters. The van der Waals surface area contributed by atoms with E-state index in [1.807, 2.05) is 0 Å². The minimum atomic E-state index is -0.271. The van der Waals surface area contributed by atoms with Crippen molar-refractivity contribution < 1.29 is 0 Å². The highest BCUT2D eigenvalue weighted by atomic mass is 15.1. The maximum atomic E-state index is 2.61. The predicted octanol–water partition coefficient (Wildman–Crippen LogP) is 7.91. The van der Waals surface area contributed by atoms with Crippen LogP contribution in [0, 0.1) is 0 Å². The Labute approximate surface area is 219 Å². The van der Waals surface area contributed by atoms with Gasteiger partial charge in [0, 0.05) is 18.8 Å². The minimum Gasteiger partial charge on any atom is -0.367 e. The van der Waals surface area contributed by atoms with Crippen LogP contribution in [0.1, 0.15) is 50.9 Å². The van der Waals surface area contributed by atoms with E-state index < -0.39 is 0 Å². The van der Waals surface area contributed by atoms with E-state index in [0.29, 0.717) is 0 Å². The SMILES string of the molecule is c1ccc2c(c1)CCCN2Cc1cccc2c1Cc1ccccc1C21c2ccccc2-c2ccccc21. The van der Waals surface area contributed by atoms with Gasteiger partial charge in [-0.15, -0.1) is 0 Å². The van der Waals surface area contributed by atoms with Gasteiger partial charge in [-0.2, -0.15) is 0 Å². The summed E-state index contributed by atoms with van der Waals surface area (Å²) in [5.41, 5.74) is 15.5. The number of hydrogen-bond acceptors (Lipinski definition) is 1. The molecule has 1 heterocycles. The molecule has 5 aromatic carbocycles. The summed E-state index contributed by atoms with van der Waals surface area (Å²) in [7, 11) is 0. The third kappa shape index (κ3) is 2.86. The first-order chi connectivity index (χ1) is 18.4. The molecule has 0 radical (unpaired) electrons. The Hall–Kier alpha value is -4.10. The number of hydrogen-bond donors (Lipinski definition) is 0. The van der Waals surface area contributed by atoms with Gasteiger partial charge in [0.1, 0.15) is 0 Å². The molecule has 0 bridgehead atoms. The minimum absolute atomic E-state index is 0.271. The van der Waals surface area contributed by atoms with Crippen molar-refractivity contribution in [2.24, 2.45) is 0 Å². The number of anilines is 1. The molecular weight excluding hydrogens is 446 g/mol. The van der Waals surface area contributed by atoms with E-state index in [9.17, 15) is 0 Å². The van der Waals surface area contributed by atoms with Crippen molar-refractivity contribution in [3.63, 3.8) is 0 Å². The molecule has 1 heteroatoms. The molecular formula is C36H29N. The van der Waals surface area contributed by atoms with Crippen LogP contribution in [0.4, 0.5) is 5.69 Å². The van der Waals surface area contributed by atoms with Gasteiger partial charge in [0.15, 0.2) is 0 Å². The molecule has 0 fully saturated rings. The molecule has 8 rings (SSSR count). The van der Waals surface area contributed by atoms with Crippen molar-refractivity contribution in [1.82, 2.24) is 0 Å². The standard InChI is InChI=1S/C36H29N/c1-5-17-31-26(12-1)23-30-27(24-37-22-10-14-25-11-2-8-21-35(25)37)13-9-20-34(30)36(31)32-18-6-3-15-28(32)29-16-4-7-19-33(29)36/h1-9,11-13,15-21H,10,14,22-24H2. The summed E-state index contributed by atoms with van der Waals surface area (Å²) in [5.74, 6) is 0. The summed E-state index contributed by atoms with van der Waals surface area (Å²) in [5, 5.41) is 0. The highest BCUT2D eigenvalue weighted by molar-refractivity contribution is 5.87. The molecule has 0 unspecified atom stereocenters. The van der Waals surface area contributed by atoms with Crippen molar-refractivity contribution >= 4 is 5.69 Å². The van der Waals surface area contributed by atoms with E-state index in [2.05, 4.69) is 120 Å². The molecule has 2 aliphatic carbocycles. The molecule has 5 aromatic rings. The highest BCUT2D eigenvalue weighted by Crippen LogP contribution is 2.59. The van der Waals surface area contributed by atoms with Crippen molar-refractivity contribution in [2.75, 3.05) is 11.4 Å². The molecule has 0 saturated carbocycles. The topological polar surface area (TPSA) is 3.24 Å². The van der Waals surface area contributed by atoms with Crippen molar-refractivity contribution in [3.05, 3.63) is 160 Å². The number of benzene rings is 5. The predicted molar refractivity (Wildman–Crippen MR) is 152 cm³/mol. The largest absolute Gasteiger partial charge is 0.367 e. The van der Waals surface area contributed by atoms with Gasteiger partial charge in [0.05, 0.1) is 5.41 Å². The molecule has 178 valence electrons. The van der Waals surface area contributed by atoms with Gasteiger partial charge in [0.2, 0.25) is 0 Å². The Balaban J connectivity index is 1.38. The van der Waals surface area contributed by atoms with Crippen LogP contribution < -0.4 is 4.90 Å². The lowest BCUT2D eigenvalue weighted by Crippen LogP contribution is -2.35. The molecule has 37 heavy (non-hydrogen) atoms. The third-order valence-corrected chi connectivity index (χ3v) is 8.99. The molecule has 1 nitrogen and oxygen atoms in total. The second-order valence-corrected chi connectivity index (χ2v) is 10.8. The van der Waals surface area contributed by atoms with E-state index >= 15 is 0 Å². The van der Waals surface area contributed by atoms with Crippen molar-refractivity contribution in [3.8, 4) is 11.1 Å². The fraction of sp³-hybridized carbons (Fsp3) is 0.167. The molecule has 0 amide bonds. The summed E-state index contributed by atoms with van der Waals surface area (Å²) in [6.45, 7) is 2.08. The smallest absolute Gasteiger partial charge is 0.0719 e. The Kier molecular flexibility index (Phi) is 4.52. The van der Waals surface area contributed by atoms with Crippen LogP contribution in [0.3, 0.4) is 0 Å². The summed E-state index contributed by atoms with van der Waals surface area (Å²) in [4.78, 5) is 2.61. The molecule has 0 N–H and O–H groups in total. The third-order valence-electron chi connectivity index (χ3n) is 8.99. The summed E-state index contributed by atoms with van der Waals surface area (Å²) < 4.78 is 0. The van der Waals surface area contributed by atoms with E-state index in [1.165, 1.54) is 74.2 Å². The zero-order valence-electron chi connectivity index (χ0n) is 21.0. The number of fused-ring (bicyclic) bond motifs is 10. The summed E-state index contributed by atoms with van der Waals surface area (Å²) >= 11 is 0. The average Bonchev–Trinajstić information content (AvgIpc) is 3.25. The monoisotopic (exact) mass is 475 g/mol. The van der Waals surface area contributed by atoms with E-state index in [1.54, 1.807) is 0 Å². The average molecular weight is 476 g/mol. The molecule has 3 aliphatic rings. The van der Waals surface area contributed by atoms with E-state index in [4.69, 9.17) is 0 Å². The normalized spacial score (nSPS) is 15.9. The lowest BCUT2D eigenvalue weighted by Gasteiger charge is -2.41. The first-order valence-electron chi connectivity index (χ1n) is 13.6. The second kappa shape index (κ2) is 7.95. The Morgan fingerprint density at radius 3 is 1.97 bits per heavy atom. The van der Waals surface area contributed by atoms with Crippen LogP contribution in [-0.2, 0) is 24.8 Å². The second-order valence-electron chi connectivity index (χ2n) is 10.8. The molecule has 1 spiro atoms. The van der Waals surface area contributed by atoms with Crippen molar-refractivity contribution in [2.45, 2.75) is 31.2 Å². The van der Waals surface area contributed by atoms with Crippen molar-refractivity contribution in [1.29, 1.82) is 0 Å². The van der Waals surface area contributed by atoms with Gasteiger partial charge in [-0.05, 0) is 81.0 Å². The number of para-hydroxylation sites is 1. The number of rotatable bonds is 2. The van der Waals surface area contributed by atoms with Crippen LogP contribution in [0.5, 0.6) is 0 Å². The van der Waals surface area contributed by atoms with E-state index in [-0.39, 0.29) is 5.41 Å². The Morgan fingerprint density at radius 2 is 1.19 bits per heavy atom. The molecule has 0 aromatic heterocycles. The summed E-state index contributed by atoms with van der Waals surface area (Å²) in [6, 6.07) is 43.5. The molecule has 1 aliphatic heterocycles. The maximum Gasteiger partial charge on any atom is 0.0719 e. The zero-order chi connectivity index (χ0) is 24.4. The fourth-order valence-corrected chi connectivity index (χ4v) is 7.52. The zero-order valence-corrected chi connectivity index (χ0v) is 21.0. The van der Waals surface area contributed by atoms with Crippen LogP contribution in [0.2, 0.25) is 0 Å². The van der Waals surface area contributed by atoms with Gasteiger partial charge in [-0.1, -0.05) is 109 Å². The maximum absolute atomic E-state index is 2.61. The van der Waals surface area contributed by atoms with Gasteiger partial charge < -0.3 is 4.90 Å². The Morgan fingerprint density at radius 1 is 0.568 bits per heavy atom. The first-order valence-corrected chi connectivity index (χ1v) is 13.6. The number of aryl methyl sites for hydroxylation is 1. The summed E-state index contributed by atoms with van der Waals surface area (Å²) in [6.07, 6.45) is 3.40. The van der Waals surface area contributed by atoms with Crippen LogP contribution in [0.15, 0.2) is 115 Å². The highest BCUT2D eigenvalue weighted by Gasteiger charge is 2.49.